The number of benzene rings is 1. The molecule has 0 aromatic heterocycles. The third-order valence-electron chi connectivity index (χ3n) is 2.16. The molecule has 6 nitrogen and oxygen atoms in total. The minimum absolute atomic E-state index is 0.105. The van der Waals surface area contributed by atoms with Gasteiger partial charge in [0, 0.05) is 11.1 Å². The number of nitrogens with one attached hydrogen (secondary N) is 2. The maximum absolute atomic E-state index is 11.9. The van der Waals surface area contributed by atoms with Crippen LogP contribution < -0.4 is 15.6 Å². The maximum Gasteiger partial charge on any atom is 0.273 e. The monoisotopic (exact) mass is 330 g/mol. The normalized spacial score (nSPS) is 9.84. The van der Waals surface area contributed by atoms with Crippen LogP contribution in [-0.2, 0) is 9.53 Å². The number of rotatable bonds is 5. The van der Waals surface area contributed by atoms with Crippen molar-refractivity contribution in [3.05, 3.63) is 28.2 Å². The van der Waals surface area contributed by atoms with E-state index in [1.807, 2.05) is 0 Å². The van der Waals surface area contributed by atoms with Gasteiger partial charge < -0.3 is 9.47 Å². The highest BCUT2D eigenvalue weighted by molar-refractivity contribution is 9.10. The standard InChI is InChI=1S/C12H15BrN2O4/c1-3-19-7-11(16)14-15-12(17)9-6-8(13)4-5-10(9)18-2/h4-6H,3,7H2,1-2H3,(H,14,16)(H,15,17). The van der Waals surface area contributed by atoms with E-state index in [2.05, 4.69) is 26.8 Å². The van der Waals surface area contributed by atoms with Crippen LogP contribution in [0.1, 0.15) is 17.3 Å². The number of hydrazine groups is 1. The van der Waals surface area contributed by atoms with Crippen LogP contribution in [0.3, 0.4) is 0 Å². The Hall–Kier alpha value is -1.60. The van der Waals surface area contributed by atoms with Crippen molar-refractivity contribution in [2.45, 2.75) is 6.92 Å². The van der Waals surface area contributed by atoms with Gasteiger partial charge in [-0.05, 0) is 25.1 Å². The lowest BCUT2D eigenvalue weighted by Gasteiger charge is -2.10. The van der Waals surface area contributed by atoms with Gasteiger partial charge in [-0.3, -0.25) is 20.4 Å². The molecule has 0 heterocycles. The Bertz CT molecular complexity index is 465. The van der Waals surface area contributed by atoms with Crippen molar-refractivity contribution in [3.8, 4) is 5.75 Å². The molecule has 19 heavy (non-hydrogen) atoms. The molecule has 0 aliphatic carbocycles. The second kappa shape index (κ2) is 7.75. The van der Waals surface area contributed by atoms with Crippen LogP contribution in [0.5, 0.6) is 5.75 Å². The molecule has 0 aliphatic rings. The lowest BCUT2D eigenvalue weighted by atomic mass is 10.2. The molecule has 0 spiro atoms. The van der Waals surface area contributed by atoms with Crippen LogP contribution in [0.4, 0.5) is 0 Å². The van der Waals surface area contributed by atoms with Crippen LogP contribution in [0, 0.1) is 0 Å². The first-order chi connectivity index (χ1) is 9.08. The number of ether oxygens (including phenoxy) is 2. The minimum Gasteiger partial charge on any atom is -0.496 e. The van der Waals surface area contributed by atoms with E-state index in [1.165, 1.54) is 7.11 Å². The summed E-state index contributed by atoms with van der Waals surface area (Å²) in [6.07, 6.45) is 0. The fraction of sp³-hybridized carbons (Fsp3) is 0.333. The summed E-state index contributed by atoms with van der Waals surface area (Å²) >= 11 is 3.27. The lowest BCUT2D eigenvalue weighted by Crippen LogP contribution is -2.43. The zero-order valence-corrected chi connectivity index (χ0v) is 12.2. The third kappa shape index (κ3) is 4.88. The Morgan fingerprint density at radius 3 is 2.68 bits per heavy atom. The Morgan fingerprint density at radius 1 is 1.32 bits per heavy atom. The van der Waals surface area contributed by atoms with E-state index in [1.54, 1.807) is 25.1 Å². The van der Waals surface area contributed by atoms with Gasteiger partial charge in [-0.15, -0.1) is 0 Å². The zero-order chi connectivity index (χ0) is 14.3. The molecule has 0 fully saturated rings. The highest BCUT2D eigenvalue weighted by Crippen LogP contribution is 2.22. The smallest absolute Gasteiger partial charge is 0.273 e. The highest BCUT2D eigenvalue weighted by Gasteiger charge is 2.13. The number of carbonyl (C=O) groups is 2. The van der Waals surface area contributed by atoms with Gasteiger partial charge in [-0.25, -0.2) is 0 Å². The molecule has 0 saturated carbocycles. The second-order valence-electron chi connectivity index (χ2n) is 3.48. The van der Waals surface area contributed by atoms with Gasteiger partial charge in [0.15, 0.2) is 0 Å². The molecule has 1 aromatic carbocycles. The summed E-state index contributed by atoms with van der Waals surface area (Å²) in [6.45, 7) is 2.10. The molecule has 0 bridgehead atoms. The number of hydrogen-bond acceptors (Lipinski definition) is 4. The minimum atomic E-state index is -0.469. The van der Waals surface area contributed by atoms with E-state index < -0.39 is 11.8 Å². The van der Waals surface area contributed by atoms with Gasteiger partial charge >= 0.3 is 0 Å². The SMILES string of the molecule is CCOCC(=O)NNC(=O)c1cc(Br)ccc1OC. The number of amides is 2. The molecule has 0 atom stereocenters. The molecule has 104 valence electrons. The quantitative estimate of drug-likeness (QED) is 0.797. The summed E-state index contributed by atoms with van der Waals surface area (Å²) in [6, 6.07) is 5.01. The molecule has 1 aromatic rings. The lowest BCUT2D eigenvalue weighted by molar-refractivity contribution is -0.126. The molecule has 0 radical (unpaired) electrons. The van der Waals surface area contributed by atoms with Crippen molar-refractivity contribution < 1.29 is 19.1 Å². The fourth-order valence-corrected chi connectivity index (χ4v) is 1.64. The van der Waals surface area contributed by atoms with Gasteiger partial charge in [0.2, 0.25) is 0 Å². The van der Waals surface area contributed by atoms with Crippen molar-refractivity contribution >= 4 is 27.7 Å². The molecule has 7 heteroatoms. The van der Waals surface area contributed by atoms with Gasteiger partial charge in [-0.1, -0.05) is 15.9 Å². The Morgan fingerprint density at radius 2 is 2.05 bits per heavy atom. The van der Waals surface area contributed by atoms with Crippen molar-refractivity contribution in [2.75, 3.05) is 20.3 Å². The first-order valence-electron chi connectivity index (χ1n) is 5.59. The van der Waals surface area contributed by atoms with Gasteiger partial charge in [0.05, 0.1) is 12.7 Å². The molecule has 2 N–H and O–H groups in total. The highest BCUT2D eigenvalue weighted by atomic mass is 79.9. The molecule has 0 aliphatic heterocycles. The second-order valence-corrected chi connectivity index (χ2v) is 4.40. The molecule has 0 unspecified atom stereocenters. The predicted octanol–water partition coefficient (Wildman–Crippen LogP) is 1.26. The van der Waals surface area contributed by atoms with E-state index in [4.69, 9.17) is 9.47 Å². The van der Waals surface area contributed by atoms with E-state index in [9.17, 15) is 9.59 Å². The molecule has 2 amide bonds. The molecule has 1 rings (SSSR count). The summed E-state index contributed by atoms with van der Waals surface area (Å²) in [5.41, 5.74) is 4.86. The number of hydrogen-bond donors (Lipinski definition) is 2. The number of carbonyl (C=O) groups excluding carboxylic acids is 2. The van der Waals surface area contributed by atoms with Crippen molar-refractivity contribution in [1.82, 2.24) is 10.9 Å². The van der Waals surface area contributed by atoms with E-state index >= 15 is 0 Å². The molecular weight excluding hydrogens is 316 g/mol. The third-order valence-corrected chi connectivity index (χ3v) is 2.65. The van der Waals surface area contributed by atoms with Crippen LogP contribution in [0.25, 0.3) is 0 Å². The van der Waals surface area contributed by atoms with E-state index in [-0.39, 0.29) is 6.61 Å². The topological polar surface area (TPSA) is 76.7 Å². The summed E-state index contributed by atoms with van der Waals surface area (Å²) in [5, 5.41) is 0. The van der Waals surface area contributed by atoms with Crippen LogP contribution >= 0.6 is 15.9 Å². The van der Waals surface area contributed by atoms with Gasteiger partial charge in [-0.2, -0.15) is 0 Å². The Kier molecular flexibility index (Phi) is 6.31. The molecular formula is C12H15BrN2O4. The molecule has 0 saturated heterocycles. The first kappa shape index (κ1) is 15.5. The van der Waals surface area contributed by atoms with Crippen LogP contribution in [-0.4, -0.2) is 32.1 Å². The zero-order valence-electron chi connectivity index (χ0n) is 10.7. The van der Waals surface area contributed by atoms with Crippen molar-refractivity contribution in [1.29, 1.82) is 0 Å². The summed E-state index contributed by atoms with van der Waals surface area (Å²) in [7, 11) is 1.47. The largest absolute Gasteiger partial charge is 0.496 e. The van der Waals surface area contributed by atoms with E-state index in [0.29, 0.717) is 17.9 Å². The Labute approximate surface area is 119 Å². The average molecular weight is 331 g/mol. The predicted molar refractivity (Wildman–Crippen MR) is 72.8 cm³/mol. The maximum atomic E-state index is 11.9. The average Bonchev–Trinajstić information content (AvgIpc) is 2.42. The van der Waals surface area contributed by atoms with E-state index in [0.717, 1.165) is 4.47 Å². The fourth-order valence-electron chi connectivity index (χ4n) is 1.28. The van der Waals surface area contributed by atoms with Crippen LogP contribution in [0.2, 0.25) is 0 Å². The number of halogens is 1. The summed E-state index contributed by atoms with van der Waals surface area (Å²) in [5.74, 6) is -0.480. The summed E-state index contributed by atoms with van der Waals surface area (Å²) < 4.78 is 10.7. The van der Waals surface area contributed by atoms with Gasteiger partial charge in [0.1, 0.15) is 12.4 Å². The van der Waals surface area contributed by atoms with Crippen molar-refractivity contribution in [2.24, 2.45) is 0 Å². The first-order valence-corrected chi connectivity index (χ1v) is 6.38. The number of methoxy groups -OCH3 is 1. The Balaban J connectivity index is 2.63. The summed E-state index contributed by atoms with van der Waals surface area (Å²) in [4.78, 5) is 23.2. The van der Waals surface area contributed by atoms with Gasteiger partial charge in [0.25, 0.3) is 11.8 Å². The van der Waals surface area contributed by atoms with Crippen LogP contribution in [0.15, 0.2) is 22.7 Å². The van der Waals surface area contributed by atoms with Crippen molar-refractivity contribution in [3.63, 3.8) is 0 Å².